The minimum atomic E-state index is -4.66. The van der Waals surface area contributed by atoms with Gasteiger partial charge in [0.1, 0.15) is 17.2 Å². The van der Waals surface area contributed by atoms with E-state index in [1.807, 2.05) is 0 Å². The van der Waals surface area contributed by atoms with E-state index in [-0.39, 0.29) is 93.5 Å². The first-order valence-corrected chi connectivity index (χ1v) is 20.6. The van der Waals surface area contributed by atoms with Crippen molar-refractivity contribution in [2.75, 3.05) is 43.4 Å². The molecule has 403 valence electrons. The van der Waals surface area contributed by atoms with Gasteiger partial charge in [-0.1, -0.05) is 18.2 Å². The molecule has 0 aliphatic carbocycles. The Bertz CT molecular complexity index is 3090. The molecule has 0 atom stereocenters. The standard InChI is InChI=1S/C16H13F3N2O4.C16H15F3N2O2.C8H8F3NO.C8H7NO4.BH2.U/c1-9-3-4-10(7-13(9)21(23)24)15(22)20-11-5-6-14(25-2)12(8-11)16(17,18)19;1-9-3-4-10(7-13(9)20)15(22)21-11-5-6-14(23-2)12(8-11)16(17,18)19;1-13-7-3-2-5(12)4-6(7)8(9,10)11;1-5-2-3-6(8(10)11)4-7(5)9(12)13;;/h3-8H,1-2H3,(H,20,22);3-8H,20H2,1-2H3,(H,21,22);2-4H,12H2,1H3;2-4H,1H3,(H,10,11);1H2;/i;;;;1T2;. The van der Waals surface area contributed by atoms with E-state index in [2.05, 4.69) is 20.1 Å². The number of nitrogens with zero attached hydrogens (tertiary/aromatic N) is 2. The number of nitro groups is 2. The van der Waals surface area contributed by atoms with Crippen molar-refractivity contribution < 1.29 is 114 Å². The summed E-state index contributed by atoms with van der Waals surface area (Å²) in [5.74, 6) is -3.38. The third-order valence-electron chi connectivity index (χ3n) is 9.92. The van der Waals surface area contributed by atoms with Gasteiger partial charge in [0.15, 0.2) is 0 Å². The van der Waals surface area contributed by atoms with Crippen LogP contribution in [0.5, 0.6) is 17.2 Å². The van der Waals surface area contributed by atoms with Crippen LogP contribution in [0.4, 0.5) is 73.6 Å². The fourth-order valence-corrected chi connectivity index (χ4v) is 6.04. The van der Waals surface area contributed by atoms with E-state index >= 15 is 0 Å². The number of hydrogen-bond acceptors (Lipinski definition) is 12. The largest absolute Gasteiger partial charge is 0.496 e. The predicted octanol–water partition coefficient (Wildman–Crippen LogP) is 11.0. The summed E-state index contributed by atoms with van der Waals surface area (Å²) < 4.78 is 140. The van der Waals surface area contributed by atoms with Crippen LogP contribution in [0.15, 0.2) is 109 Å². The number of amides is 2. The summed E-state index contributed by atoms with van der Waals surface area (Å²) >= 11 is 0. The monoisotopic (exact) mass is 1310 g/mol. The molecule has 28 heteroatoms. The van der Waals surface area contributed by atoms with Crippen LogP contribution in [0.25, 0.3) is 0 Å². The Labute approximate surface area is 454 Å². The number of alkyl halides is 9. The first-order chi connectivity index (χ1) is 35.7. The Morgan fingerprint density at radius 1 is 0.553 bits per heavy atom. The van der Waals surface area contributed by atoms with Gasteiger partial charge < -0.3 is 41.4 Å². The smallest absolute Gasteiger partial charge is 0.420 e. The van der Waals surface area contributed by atoms with E-state index in [1.165, 1.54) is 68.6 Å². The maximum Gasteiger partial charge on any atom is 0.420 e. The van der Waals surface area contributed by atoms with E-state index in [4.69, 9.17) is 24.0 Å². The number of nitro benzene ring substituents is 2. The van der Waals surface area contributed by atoms with E-state index in [9.17, 15) is 74.1 Å². The van der Waals surface area contributed by atoms with Crippen molar-refractivity contribution in [1.82, 2.24) is 0 Å². The molecule has 76 heavy (non-hydrogen) atoms. The summed E-state index contributed by atoms with van der Waals surface area (Å²) in [5, 5.41) is 34.6. The molecule has 0 spiro atoms. The van der Waals surface area contributed by atoms with Crippen LogP contribution in [0, 0.1) is 72.1 Å². The van der Waals surface area contributed by atoms with Gasteiger partial charge in [0.05, 0.1) is 61.8 Å². The molecule has 7 N–H and O–H groups in total. The second-order valence-electron chi connectivity index (χ2n) is 15.1. The number of carbonyl (C=O) groups is 3. The Hall–Kier alpha value is -7.98. The number of ether oxygens (including phenoxy) is 3. The molecule has 6 aromatic carbocycles. The maximum atomic E-state index is 13.0. The van der Waals surface area contributed by atoms with Crippen LogP contribution in [0.2, 0.25) is 0 Å². The molecular formula is C48H45BF9N6O11U. The van der Waals surface area contributed by atoms with Crippen LogP contribution in [0.1, 0.15) is 64.5 Å². The Balaban J connectivity index is 0.000000528. The number of nitrogens with two attached hydrogens (primary N) is 2. The van der Waals surface area contributed by atoms with Gasteiger partial charge in [-0.25, -0.2) is 4.79 Å². The van der Waals surface area contributed by atoms with Crippen LogP contribution < -0.4 is 36.3 Å². The van der Waals surface area contributed by atoms with Crippen molar-refractivity contribution in [2.24, 2.45) is 0 Å². The quantitative estimate of drug-likeness (QED) is 0.0281. The molecule has 0 fully saturated rings. The van der Waals surface area contributed by atoms with Crippen LogP contribution in [0.3, 0.4) is 0 Å². The number of hydrogen-bond donors (Lipinski definition) is 5. The number of nitrogens with one attached hydrogen (secondary N) is 2. The number of halogens is 9. The fourth-order valence-electron chi connectivity index (χ4n) is 6.04. The Kier molecular flexibility index (Phi) is 23.0. The van der Waals surface area contributed by atoms with Crippen LogP contribution in [-0.2, 0) is 18.5 Å². The van der Waals surface area contributed by atoms with Gasteiger partial charge in [0.25, 0.3) is 23.2 Å². The van der Waals surface area contributed by atoms with E-state index in [0.717, 1.165) is 62.2 Å². The van der Waals surface area contributed by atoms with Crippen molar-refractivity contribution in [1.29, 1.82) is 2.67 Å². The molecule has 0 unspecified atom stereocenters. The molecule has 0 aliphatic rings. The number of nitrogen functional groups attached to an aromatic ring is 2. The number of carbonyl (C=O) groups excluding carboxylic acids is 2. The zero-order valence-electron chi connectivity index (χ0n) is 42.5. The molecule has 0 saturated heterocycles. The molecule has 2 amide bonds. The minimum absolute atomic E-state index is 0. The average molecular weight is 1310 g/mol. The van der Waals surface area contributed by atoms with Gasteiger partial charge >= 0.3 is 24.5 Å². The van der Waals surface area contributed by atoms with E-state index in [0.29, 0.717) is 25.2 Å². The van der Waals surface area contributed by atoms with E-state index < -0.39 is 62.8 Å². The fraction of sp³-hybridized carbons (Fsp3) is 0.188. The number of carboxylic acids is 1. The van der Waals surface area contributed by atoms with Gasteiger partial charge in [0, 0.05) is 88.2 Å². The topological polar surface area (TPSA) is 262 Å². The second-order valence-corrected chi connectivity index (χ2v) is 15.1. The zero-order valence-corrected chi connectivity index (χ0v) is 44.6. The number of anilines is 4. The minimum Gasteiger partial charge on any atom is -0.496 e. The number of methoxy groups -OCH3 is 3. The molecule has 0 aliphatic heterocycles. The predicted molar refractivity (Wildman–Crippen MR) is 261 cm³/mol. The Morgan fingerprint density at radius 2 is 0.882 bits per heavy atom. The van der Waals surface area contributed by atoms with Gasteiger partial charge in [-0.3, -0.25) is 29.8 Å². The van der Waals surface area contributed by atoms with Gasteiger partial charge in [0.2, 0.25) is 0 Å². The van der Waals surface area contributed by atoms with Crippen molar-refractivity contribution in [3.63, 3.8) is 0 Å². The molecule has 0 bridgehead atoms. The molecular weight excluding hydrogens is 1260 g/mol. The van der Waals surface area contributed by atoms with E-state index in [1.54, 1.807) is 26.0 Å². The van der Waals surface area contributed by atoms with Crippen molar-refractivity contribution in [2.45, 2.75) is 39.3 Å². The molecule has 0 aromatic heterocycles. The van der Waals surface area contributed by atoms with Gasteiger partial charge in [-0.2, -0.15) is 39.5 Å². The first kappa shape index (κ1) is 62.3. The third-order valence-corrected chi connectivity index (χ3v) is 9.92. The molecule has 0 saturated carbocycles. The van der Waals surface area contributed by atoms with Gasteiger partial charge in [-0.15, -0.1) is 0 Å². The summed E-state index contributed by atoms with van der Waals surface area (Å²) in [4.78, 5) is 54.8. The van der Waals surface area contributed by atoms with Crippen molar-refractivity contribution >= 4 is 60.2 Å². The summed E-state index contributed by atoms with van der Waals surface area (Å²) in [6, 6.07) is 22.1. The number of carboxylic acid groups (broad SMARTS) is 1. The maximum absolute atomic E-state index is 13.0. The normalized spacial score (nSPS) is 10.8. The number of aromatic carboxylic acids is 1. The summed E-state index contributed by atoms with van der Waals surface area (Å²) in [5.41, 5.74) is 9.87. The van der Waals surface area contributed by atoms with Crippen LogP contribution in [-0.4, -0.2) is 65.1 Å². The van der Waals surface area contributed by atoms with Crippen LogP contribution >= 0.6 is 0 Å². The molecule has 17 nitrogen and oxygen atoms in total. The average Bonchev–Trinajstić information content (AvgIpc) is 3.34. The molecule has 0 heterocycles. The second kappa shape index (κ2) is 28.1. The SMILES string of the molecule is COc1ccc(N)cc1C(F)(F)F.COc1ccc(NC(=O)c2ccc(C)c(N)c2)cc1C(F)(F)F.COc1ccc(NC(=O)c2ccc(C)c([N+](=O)[O-])c2)cc1C(F)(F)F.Cc1ccc(C(=O)O)cc1[N+](=O)[O-].[3H][B][3H].[U]. The van der Waals surface area contributed by atoms with Crippen molar-refractivity contribution in [3.8, 4) is 17.2 Å². The summed E-state index contributed by atoms with van der Waals surface area (Å²) in [6.45, 7) is 4.86. The number of rotatable bonds is 10. The summed E-state index contributed by atoms with van der Waals surface area (Å²) in [6.07, 6.45) is -13.7. The first-order valence-electron chi connectivity index (χ1n) is 21.7. The molecule has 6 aromatic rings. The van der Waals surface area contributed by atoms with Crippen molar-refractivity contribution in [3.05, 3.63) is 179 Å². The Morgan fingerprint density at radius 3 is 1.22 bits per heavy atom. The summed E-state index contributed by atoms with van der Waals surface area (Å²) in [7, 11) is 3.94. The molecule has 6 rings (SSSR count). The zero-order chi connectivity index (χ0) is 58.7. The third kappa shape index (κ3) is 18.7. The molecule has 1 radical (unpaired) electrons. The number of aryl methyl sites for hydroxylation is 3. The van der Waals surface area contributed by atoms with Gasteiger partial charge in [-0.05, 0) is 108 Å². The number of benzene rings is 6.